The molecule has 1 heterocycles. The molecule has 1 saturated heterocycles. The van der Waals surface area contributed by atoms with Crippen LogP contribution >= 0.6 is 23.2 Å². The van der Waals surface area contributed by atoms with E-state index < -0.39 is 23.5 Å². The summed E-state index contributed by atoms with van der Waals surface area (Å²) >= 11 is 12.6. The number of rotatable bonds is 6. The number of Topliss-reactive ketones (excluding diaryl/α,β-unsaturated/α-hetero) is 1. The van der Waals surface area contributed by atoms with Crippen LogP contribution < -0.4 is 19.1 Å². The van der Waals surface area contributed by atoms with Gasteiger partial charge in [0.15, 0.2) is 0 Å². The van der Waals surface area contributed by atoms with Crippen LogP contribution in [0.25, 0.3) is 5.76 Å². The third-order valence-corrected chi connectivity index (χ3v) is 6.74. The van der Waals surface area contributed by atoms with Gasteiger partial charge in [-0.2, -0.15) is 0 Å². The maximum atomic E-state index is 13.5. The Hall–Kier alpha value is -3.68. The number of ketones is 1. The van der Waals surface area contributed by atoms with E-state index in [0.29, 0.717) is 22.0 Å². The van der Waals surface area contributed by atoms with E-state index in [1.807, 2.05) is 6.92 Å². The number of aliphatic hydroxyl groups excluding tert-OH is 1. The second-order valence-corrected chi connectivity index (χ2v) is 8.85. The average molecular weight is 528 g/mol. The summed E-state index contributed by atoms with van der Waals surface area (Å²) in [6, 6.07) is 13.9. The number of halogens is 2. The lowest BCUT2D eigenvalue weighted by atomic mass is 9.94. The highest BCUT2D eigenvalue weighted by Gasteiger charge is 2.48. The monoisotopic (exact) mass is 527 g/mol. The Labute approximate surface area is 218 Å². The molecule has 1 aliphatic heterocycles. The van der Waals surface area contributed by atoms with Gasteiger partial charge in [0.1, 0.15) is 23.0 Å². The molecule has 0 spiro atoms. The fourth-order valence-electron chi connectivity index (χ4n) is 4.21. The number of benzene rings is 3. The summed E-state index contributed by atoms with van der Waals surface area (Å²) in [7, 11) is 4.31. The van der Waals surface area contributed by atoms with Crippen molar-refractivity contribution < 1.29 is 28.9 Å². The molecule has 1 unspecified atom stereocenters. The number of aryl methyl sites for hydroxylation is 1. The summed E-state index contributed by atoms with van der Waals surface area (Å²) in [6.07, 6.45) is 0. The molecule has 1 N–H and O–H groups in total. The first kappa shape index (κ1) is 25.4. The number of hydrogen-bond donors (Lipinski definition) is 1. The minimum Gasteiger partial charge on any atom is -0.507 e. The summed E-state index contributed by atoms with van der Waals surface area (Å²) in [5, 5.41) is 12.2. The molecule has 4 rings (SSSR count). The van der Waals surface area contributed by atoms with E-state index in [1.165, 1.54) is 38.4 Å². The lowest BCUT2D eigenvalue weighted by Crippen LogP contribution is -2.29. The molecule has 9 heteroatoms. The van der Waals surface area contributed by atoms with E-state index >= 15 is 0 Å². The molecule has 0 saturated carbocycles. The van der Waals surface area contributed by atoms with Crippen LogP contribution in [0.2, 0.25) is 10.0 Å². The van der Waals surface area contributed by atoms with Crippen molar-refractivity contribution in [2.75, 3.05) is 26.2 Å². The smallest absolute Gasteiger partial charge is 0.300 e. The number of methoxy groups -OCH3 is 3. The number of aliphatic hydroxyl groups is 1. The van der Waals surface area contributed by atoms with Crippen LogP contribution in [0.4, 0.5) is 5.69 Å². The summed E-state index contributed by atoms with van der Waals surface area (Å²) in [5.74, 6) is -1.27. The number of amides is 1. The van der Waals surface area contributed by atoms with Gasteiger partial charge in [-0.3, -0.25) is 14.5 Å². The Morgan fingerprint density at radius 2 is 1.53 bits per heavy atom. The summed E-state index contributed by atoms with van der Waals surface area (Å²) in [5.41, 5.74) is 1.69. The molecular formula is C27H23Cl2NO6. The van der Waals surface area contributed by atoms with Crippen molar-refractivity contribution in [3.63, 3.8) is 0 Å². The van der Waals surface area contributed by atoms with E-state index in [1.54, 1.807) is 42.5 Å². The molecule has 1 amide bonds. The maximum Gasteiger partial charge on any atom is 0.300 e. The lowest BCUT2D eigenvalue weighted by molar-refractivity contribution is -0.132. The van der Waals surface area contributed by atoms with Crippen LogP contribution in [0.1, 0.15) is 22.7 Å². The van der Waals surface area contributed by atoms with Crippen molar-refractivity contribution in [1.29, 1.82) is 0 Å². The Morgan fingerprint density at radius 1 is 0.861 bits per heavy atom. The van der Waals surface area contributed by atoms with Gasteiger partial charge in [0.05, 0.1) is 43.5 Å². The van der Waals surface area contributed by atoms with Crippen molar-refractivity contribution in [3.8, 4) is 17.2 Å². The van der Waals surface area contributed by atoms with Crippen LogP contribution in [0.15, 0.2) is 60.2 Å². The van der Waals surface area contributed by atoms with Crippen LogP contribution in [0.3, 0.4) is 0 Å². The molecule has 1 atom stereocenters. The van der Waals surface area contributed by atoms with E-state index in [2.05, 4.69) is 0 Å². The van der Waals surface area contributed by atoms with E-state index in [9.17, 15) is 14.7 Å². The quantitative estimate of drug-likeness (QED) is 0.242. The molecule has 7 nitrogen and oxygen atoms in total. The van der Waals surface area contributed by atoms with Gasteiger partial charge >= 0.3 is 0 Å². The number of carbonyl (C=O) groups is 2. The topological polar surface area (TPSA) is 85.3 Å². The summed E-state index contributed by atoms with van der Waals surface area (Å²) in [4.78, 5) is 28.2. The Kier molecular flexibility index (Phi) is 7.15. The molecule has 36 heavy (non-hydrogen) atoms. The highest BCUT2D eigenvalue weighted by molar-refractivity contribution is 6.52. The fourth-order valence-corrected chi connectivity index (χ4v) is 4.61. The summed E-state index contributed by atoms with van der Waals surface area (Å²) < 4.78 is 16.2. The van der Waals surface area contributed by atoms with Crippen molar-refractivity contribution in [3.05, 3.63) is 86.9 Å². The number of anilines is 1. The van der Waals surface area contributed by atoms with Crippen LogP contribution in [-0.4, -0.2) is 38.1 Å². The predicted octanol–water partition coefficient (Wildman–Crippen LogP) is 5.95. The number of carbonyl (C=O) groups excluding carboxylic acids is 2. The molecule has 3 aromatic carbocycles. The molecule has 0 aromatic heterocycles. The number of hydrogen-bond acceptors (Lipinski definition) is 6. The average Bonchev–Trinajstić information content (AvgIpc) is 3.15. The lowest BCUT2D eigenvalue weighted by Gasteiger charge is -2.27. The summed E-state index contributed by atoms with van der Waals surface area (Å²) in [6.45, 7) is 1.83. The predicted molar refractivity (Wildman–Crippen MR) is 139 cm³/mol. The molecule has 0 radical (unpaired) electrons. The van der Waals surface area contributed by atoms with E-state index in [4.69, 9.17) is 37.4 Å². The zero-order valence-electron chi connectivity index (χ0n) is 20.0. The largest absolute Gasteiger partial charge is 0.507 e. The number of nitrogens with zero attached hydrogens (tertiary/aromatic N) is 1. The first-order valence-corrected chi connectivity index (χ1v) is 11.6. The third-order valence-electron chi connectivity index (χ3n) is 6.04. The molecule has 0 bridgehead atoms. The van der Waals surface area contributed by atoms with Crippen molar-refractivity contribution in [2.45, 2.75) is 13.0 Å². The second kappa shape index (κ2) is 10.1. The Bertz CT molecular complexity index is 1400. The first-order valence-electron chi connectivity index (χ1n) is 10.8. The zero-order valence-corrected chi connectivity index (χ0v) is 21.5. The molecular weight excluding hydrogens is 505 g/mol. The Balaban J connectivity index is 2.04. The van der Waals surface area contributed by atoms with Gasteiger partial charge in [-0.1, -0.05) is 47.5 Å². The third kappa shape index (κ3) is 4.25. The molecule has 1 fully saturated rings. The first-order chi connectivity index (χ1) is 17.2. The maximum absolute atomic E-state index is 13.5. The van der Waals surface area contributed by atoms with Crippen LogP contribution in [0, 0.1) is 6.92 Å². The molecule has 1 aliphatic rings. The zero-order chi connectivity index (χ0) is 26.1. The standard InChI is InChI=1S/C27H23Cl2NO6/c1-14-9-10-15(11-18(14)28)30-24(16-7-5-6-8-20(16)34-2)23(26(32)27(30)33)25(31)17-12-22(36-4)19(29)13-21(17)35-3/h5-13,24,31H,1-4H3/b25-23+. The van der Waals surface area contributed by atoms with E-state index in [0.717, 1.165) is 5.56 Å². The highest BCUT2D eigenvalue weighted by atomic mass is 35.5. The van der Waals surface area contributed by atoms with Gasteiger partial charge in [0.25, 0.3) is 11.7 Å². The minimum atomic E-state index is -1.02. The van der Waals surface area contributed by atoms with Gasteiger partial charge in [-0.05, 0) is 36.8 Å². The van der Waals surface area contributed by atoms with Crippen LogP contribution in [0.5, 0.6) is 17.2 Å². The van der Waals surface area contributed by atoms with Gasteiger partial charge < -0.3 is 19.3 Å². The SMILES string of the molecule is COc1cc(/C(O)=C2\C(=O)C(=O)N(c3ccc(C)c(Cl)c3)C2c2ccccc2OC)c(OC)cc1Cl. The van der Waals surface area contributed by atoms with Crippen LogP contribution in [-0.2, 0) is 9.59 Å². The van der Waals surface area contributed by atoms with Gasteiger partial charge in [0.2, 0.25) is 0 Å². The molecule has 186 valence electrons. The second-order valence-electron chi connectivity index (χ2n) is 8.03. The number of para-hydroxylation sites is 1. The number of ether oxygens (including phenoxy) is 3. The van der Waals surface area contributed by atoms with Gasteiger partial charge in [0, 0.05) is 22.3 Å². The highest BCUT2D eigenvalue weighted by Crippen LogP contribution is 2.47. The van der Waals surface area contributed by atoms with Crippen molar-refractivity contribution in [2.24, 2.45) is 0 Å². The van der Waals surface area contributed by atoms with Gasteiger partial charge in [-0.15, -0.1) is 0 Å². The molecule has 3 aromatic rings. The Morgan fingerprint density at radius 3 is 2.17 bits per heavy atom. The van der Waals surface area contributed by atoms with Gasteiger partial charge in [-0.25, -0.2) is 0 Å². The molecule has 0 aliphatic carbocycles. The van der Waals surface area contributed by atoms with E-state index in [-0.39, 0.29) is 27.7 Å². The fraction of sp³-hybridized carbons (Fsp3) is 0.185. The normalized spacial score (nSPS) is 16.8. The minimum absolute atomic E-state index is 0.138. The van der Waals surface area contributed by atoms with Crippen molar-refractivity contribution >= 4 is 46.3 Å². The van der Waals surface area contributed by atoms with Crippen molar-refractivity contribution in [1.82, 2.24) is 0 Å².